The van der Waals surface area contributed by atoms with E-state index in [2.05, 4.69) is 4.99 Å². The predicted molar refractivity (Wildman–Crippen MR) is 102 cm³/mol. The number of carbonyl (C=O) groups excluding carboxylic acids is 2. The fraction of sp³-hybridized carbons (Fsp3) is 0.211. The van der Waals surface area contributed by atoms with E-state index in [4.69, 9.17) is 10.5 Å². The molecule has 1 unspecified atom stereocenters. The van der Waals surface area contributed by atoms with Crippen LogP contribution in [0.1, 0.15) is 12.0 Å². The summed E-state index contributed by atoms with van der Waals surface area (Å²) >= 11 is 1.23. The molecule has 0 spiro atoms. The first-order valence-corrected chi connectivity index (χ1v) is 8.98. The van der Waals surface area contributed by atoms with E-state index in [0.29, 0.717) is 17.4 Å². The van der Waals surface area contributed by atoms with Gasteiger partial charge < -0.3 is 10.5 Å². The van der Waals surface area contributed by atoms with Crippen LogP contribution in [-0.2, 0) is 16.1 Å². The third-order valence-corrected chi connectivity index (χ3v) is 5.14. The van der Waals surface area contributed by atoms with Crippen molar-refractivity contribution in [2.24, 2.45) is 10.7 Å². The van der Waals surface area contributed by atoms with E-state index >= 15 is 0 Å². The maximum Gasteiger partial charge on any atom is 0.231 e. The summed E-state index contributed by atoms with van der Waals surface area (Å²) in [5, 5.41) is -0.121. The van der Waals surface area contributed by atoms with Crippen molar-refractivity contribution in [3.8, 4) is 5.75 Å². The van der Waals surface area contributed by atoms with Gasteiger partial charge in [0.25, 0.3) is 0 Å². The topological polar surface area (TPSA) is 85.0 Å². The molecule has 2 amide bonds. The molecule has 1 heterocycles. The number of hydrogen-bond donors (Lipinski definition) is 1. The zero-order valence-corrected chi connectivity index (χ0v) is 15.1. The Kier molecular flexibility index (Phi) is 5.58. The van der Waals surface area contributed by atoms with Crippen LogP contribution >= 0.6 is 11.8 Å². The van der Waals surface area contributed by atoms with Crippen LogP contribution in [-0.4, -0.2) is 34.2 Å². The second kappa shape index (κ2) is 8.05. The number of methoxy groups -OCH3 is 1. The highest BCUT2D eigenvalue weighted by atomic mass is 32.2. The van der Waals surface area contributed by atoms with Gasteiger partial charge >= 0.3 is 0 Å². The Morgan fingerprint density at radius 1 is 1.23 bits per heavy atom. The molecule has 2 aromatic carbocycles. The SMILES string of the molecule is COc1ccc(CN2C(=O)CC(C(N)=O)SC2=Nc2ccccc2)cc1. The molecule has 7 heteroatoms. The van der Waals surface area contributed by atoms with Crippen LogP contribution < -0.4 is 10.5 Å². The number of ether oxygens (including phenoxy) is 1. The van der Waals surface area contributed by atoms with Gasteiger partial charge in [-0.05, 0) is 29.8 Å². The number of benzene rings is 2. The maximum absolute atomic E-state index is 12.6. The van der Waals surface area contributed by atoms with Gasteiger partial charge in [-0.2, -0.15) is 0 Å². The first kappa shape index (κ1) is 18.0. The Morgan fingerprint density at radius 2 is 1.92 bits per heavy atom. The Bertz CT molecular complexity index is 822. The summed E-state index contributed by atoms with van der Waals surface area (Å²) in [5.74, 6) is 0.0753. The molecule has 134 valence electrons. The number of nitrogens with zero attached hydrogens (tertiary/aromatic N) is 2. The van der Waals surface area contributed by atoms with Gasteiger partial charge in [-0.3, -0.25) is 14.5 Å². The standard InChI is InChI=1S/C19H19N3O3S/c1-25-15-9-7-13(8-10-15)12-22-17(23)11-16(18(20)24)26-19(22)21-14-5-3-2-4-6-14/h2-10,16H,11-12H2,1H3,(H2,20,24). The third kappa shape index (κ3) is 4.23. The number of rotatable bonds is 5. The summed E-state index contributed by atoms with van der Waals surface area (Å²) in [4.78, 5) is 30.4. The zero-order chi connectivity index (χ0) is 18.5. The van der Waals surface area contributed by atoms with Gasteiger partial charge in [-0.15, -0.1) is 0 Å². The van der Waals surface area contributed by atoms with Crippen molar-refractivity contribution in [3.05, 3.63) is 60.2 Å². The van der Waals surface area contributed by atoms with E-state index in [1.807, 2.05) is 54.6 Å². The van der Waals surface area contributed by atoms with Crippen LogP contribution in [0.15, 0.2) is 59.6 Å². The number of para-hydroxylation sites is 1. The molecule has 0 aromatic heterocycles. The smallest absolute Gasteiger partial charge is 0.231 e. The molecule has 1 fully saturated rings. The molecule has 1 aliphatic heterocycles. The average molecular weight is 369 g/mol. The number of amides is 2. The van der Waals surface area contributed by atoms with E-state index in [1.165, 1.54) is 11.8 Å². The molecule has 0 bridgehead atoms. The average Bonchev–Trinajstić information content (AvgIpc) is 2.65. The lowest BCUT2D eigenvalue weighted by Gasteiger charge is -2.31. The first-order valence-electron chi connectivity index (χ1n) is 8.10. The number of thioether (sulfide) groups is 1. The largest absolute Gasteiger partial charge is 0.497 e. The van der Waals surface area contributed by atoms with Crippen LogP contribution in [0.5, 0.6) is 5.75 Å². The van der Waals surface area contributed by atoms with E-state index in [-0.39, 0.29) is 12.3 Å². The summed E-state index contributed by atoms with van der Waals surface area (Å²) < 4.78 is 5.16. The predicted octanol–water partition coefficient (Wildman–Crippen LogP) is 2.70. The van der Waals surface area contributed by atoms with Gasteiger partial charge in [0.15, 0.2) is 5.17 Å². The van der Waals surface area contributed by atoms with E-state index in [9.17, 15) is 9.59 Å². The quantitative estimate of drug-likeness (QED) is 0.878. The van der Waals surface area contributed by atoms with Crippen molar-refractivity contribution in [2.45, 2.75) is 18.2 Å². The Balaban J connectivity index is 1.89. The minimum atomic E-state index is -0.600. The second-order valence-corrected chi connectivity index (χ2v) is 6.94. The number of amidine groups is 1. The van der Waals surface area contributed by atoms with Crippen molar-refractivity contribution in [3.63, 3.8) is 0 Å². The van der Waals surface area contributed by atoms with Gasteiger partial charge in [0.05, 0.1) is 24.6 Å². The molecule has 1 aliphatic rings. The Morgan fingerprint density at radius 3 is 2.54 bits per heavy atom. The van der Waals surface area contributed by atoms with E-state index < -0.39 is 11.2 Å². The summed E-state index contributed by atoms with van der Waals surface area (Å²) in [5.41, 5.74) is 7.07. The highest BCUT2D eigenvalue weighted by Crippen LogP contribution is 2.30. The molecule has 6 nitrogen and oxygen atoms in total. The maximum atomic E-state index is 12.6. The monoisotopic (exact) mass is 369 g/mol. The van der Waals surface area contributed by atoms with Crippen LogP contribution in [0.3, 0.4) is 0 Å². The van der Waals surface area contributed by atoms with Crippen LogP contribution in [0.25, 0.3) is 0 Å². The van der Waals surface area contributed by atoms with Crippen LogP contribution in [0.4, 0.5) is 5.69 Å². The zero-order valence-electron chi connectivity index (χ0n) is 14.3. The number of nitrogens with two attached hydrogens (primary N) is 1. The lowest BCUT2D eigenvalue weighted by Crippen LogP contribution is -2.45. The van der Waals surface area contributed by atoms with E-state index in [1.54, 1.807) is 12.0 Å². The Hall–Kier alpha value is -2.80. The number of primary amides is 1. The van der Waals surface area contributed by atoms with Gasteiger partial charge in [0.1, 0.15) is 5.75 Å². The number of carbonyl (C=O) groups is 2. The molecule has 3 rings (SSSR count). The van der Waals surface area contributed by atoms with E-state index in [0.717, 1.165) is 11.3 Å². The number of aliphatic imine (C=N–C) groups is 1. The highest BCUT2D eigenvalue weighted by molar-refractivity contribution is 8.15. The number of hydrogen-bond acceptors (Lipinski definition) is 5. The summed E-state index contributed by atoms with van der Waals surface area (Å²) in [6.45, 7) is 0.368. The van der Waals surface area contributed by atoms with Gasteiger partial charge in [0.2, 0.25) is 11.8 Å². The molecule has 0 radical (unpaired) electrons. The van der Waals surface area contributed by atoms with Crippen molar-refractivity contribution in [1.82, 2.24) is 4.90 Å². The molecule has 1 saturated heterocycles. The van der Waals surface area contributed by atoms with Crippen molar-refractivity contribution in [2.75, 3.05) is 7.11 Å². The van der Waals surface area contributed by atoms with Crippen molar-refractivity contribution >= 4 is 34.4 Å². The lowest BCUT2D eigenvalue weighted by molar-refractivity contribution is -0.130. The van der Waals surface area contributed by atoms with Gasteiger partial charge in [-0.25, -0.2) is 4.99 Å². The first-order chi connectivity index (χ1) is 12.6. The normalized spacial score (nSPS) is 18.8. The molecule has 2 N–H and O–H groups in total. The fourth-order valence-corrected chi connectivity index (χ4v) is 3.58. The molecular formula is C19H19N3O3S. The summed E-state index contributed by atoms with van der Waals surface area (Å²) in [7, 11) is 1.61. The van der Waals surface area contributed by atoms with Crippen molar-refractivity contribution < 1.29 is 14.3 Å². The summed E-state index contributed by atoms with van der Waals surface area (Å²) in [6, 6.07) is 16.8. The molecular weight excluding hydrogens is 350 g/mol. The summed E-state index contributed by atoms with van der Waals surface area (Å²) in [6.07, 6.45) is 0.0734. The minimum Gasteiger partial charge on any atom is -0.497 e. The third-order valence-electron chi connectivity index (χ3n) is 3.94. The van der Waals surface area contributed by atoms with Crippen molar-refractivity contribution in [1.29, 1.82) is 0 Å². The molecule has 0 saturated carbocycles. The minimum absolute atomic E-state index is 0.0734. The molecule has 0 aliphatic carbocycles. The van der Waals surface area contributed by atoms with Crippen LogP contribution in [0.2, 0.25) is 0 Å². The van der Waals surface area contributed by atoms with Gasteiger partial charge in [-0.1, -0.05) is 42.1 Å². The lowest BCUT2D eigenvalue weighted by atomic mass is 10.2. The molecule has 26 heavy (non-hydrogen) atoms. The molecule has 2 aromatic rings. The van der Waals surface area contributed by atoms with Crippen LogP contribution in [0, 0.1) is 0 Å². The van der Waals surface area contributed by atoms with Gasteiger partial charge in [0, 0.05) is 6.42 Å². The fourth-order valence-electron chi connectivity index (χ4n) is 2.54. The second-order valence-electron chi connectivity index (χ2n) is 5.77. The molecule has 1 atom stereocenters. The highest BCUT2D eigenvalue weighted by Gasteiger charge is 2.34. The Labute approximate surface area is 156 Å².